The van der Waals surface area contributed by atoms with Gasteiger partial charge in [0, 0.05) is 23.2 Å². The van der Waals surface area contributed by atoms with Crippen LogP contribution in [-0.2, 0) is 4.79 Å². The molecule has 1 aliphatic carbocycles. The summed E-state index contributed by atoms with van der Waals surface area (Å²) in [6.07, 6.45) is 3.71. The Bertz CT molecular complexity index is 876. The molecule has 1 aliphatic heterocycles. The van der Waals surface area contributed by atoms with Crippen LogP contribution in [-0.4, -0.2) is 29.3 Å². The summed E-state index contributed by atoms with van der Waals surface area (Å²) in [6, 6.07) is 15.6. The molecule has 1 heterocycles. The predicted molar refractivity (Wildman–Crippen MR) is 110 cm³/mol. The van der Waals surface area contributed by atoms with Crippen molar-refractivity contribution in [3.8, 4) is 0 Å². The molecule has 2 aromatic carbocycles. The average molecular weight is 397 g/mol. The van der Waals surface area contributed by atoms with Crippen molar-refractivity contribution in [1.82, 2.24) is 10.2 Å². The van der Waals surface area contributed by atoms with Crippen LogP contribution in [0.15, 0.2) is 48.5 Å². The summed E-state index contributed by atoms with van der Waals surface area (Å²) >= 11 is 5.99. The lowest BCUT2D eigenvalue weighted by molar-refractivity contribution is -0.127. The van der Waals surface area contributed by atoms with Crippen LogP contribution in [0.5, 0.6) is 0 Å². The molecule has 1 N–H and O–H groups in total. The Morgan fingerprint density at radius 2 is 1.79 bits per heavy atom. The fraction of sp³-hybridized carbons (Fsp3) is 0.391. The molecule has 4 nitrogen and oxygen atoms in total. The number of nitrogens with zero attached hydrogens (tertiary/aromatic N) is 1. The number of amides is 2. The summed E-state index contributed by atoms with van der Waals surface area (Å²) < 4.78 is 0. The minimum Gasteiger partial charge on any atom is -0.353 e. The highest BCUT2D eigenvalue weighted by atomic mass is 35.5. The Morgan fingerprint density at radius 3 is 2.46 bits per heavy atom. The van der Waals surface area contributed by atoms with Crippen LogP contribution in [0.3, 0.4) is 0 Å². The number of carbonyl (C=O) groups is 2. The molecule has 2 amide bonds. The number of piperidine rings is 1. The van der Waals surface area contributed by atoms with Gasteiger partial charge in [0.15, 0.2) is 0 Å². The van der Waals surface area contributed by atoms with Gasteiger partial charge in [0.05, 0.1) is 12.0 Å². The van der Waals surface area contributed by atoms with E-state index in [1.807, 2.05) is 11.0 Å². The third-order valence-electron chi connectivity index (χ3n) is 5.66. The lowest BCUT2D eigenvalue weighted by Crippen LogP contribution is -2.47. The average Bonchev–Trinajstić information content (AvgIpc) is 3.51. The second-order valence-electron chi connectivity index (χ2n) is 7.95. The second kappa shape index (κ2) is 7.96. The van der Waals surface area contributed by atoms with Crippen LogP contribution >= 0.6 is 11.6 Å². The molecule has 5 heteroatoms. The van der Waals surface area contributed by atoms with Gasteiger partial charge in [0.1, 0.15) is 0 Å². The first kappa shape index (κ1) is 19.0. The van der Waals surface area contributed by atoms with Crippen LogP contribution in [0, 0.1) is 12.8 Å². The lowest BCUT2D eigenvalue weighted by Gasteiger charge is -2.39. The summed E-state index contributed by atoms with van der Waals surface area (Å²) in [5, 5.41) is 3.70. The van der Waals surface area contributed by atoms with Gasteiger partial charge in [-0.1, -0.05) is 41.4 Å². The topological polar surface area (TPSA) is 49.4 Å². The van der Waals surface area contributed by atoms with Gasteiger partial charge in [-0.05, 0) is 62.4 Å². The normalized spacial score (nSPS) is 22.0. The van der Waals surface area contributed by atoms with Crippen LogP contribution in [0.2, 0.25) is 5.02 Å². The first-order chi connectivity index (χ1) is 13.5. The Balaban J connectivity index is 1.60. The van der Waals surface area contributed by atoms with Gasteiger partial charge < -0.3 is 10.2 Å². The highest BCUT2D eigenvalue weighted by molar-refractivity contribution is 6.30. The van der Waals surface area contributed by atoms with Gasteiger partial charge >= 0.3 is 0 Å². The van der Waals surface area contributed by atoms with Gasteiger partial charge in [-0.2, -0.15) is 0 Å². The van der Waals surface area contributed by atoms with Crippen molar-refractivity contribution in [3.05, 3.63) is 70.2 Å². The summed E-state index contributed by atoms with van der Waals surface area (Å²) in [6.45, 7) is 2.50. The van der Waals surface area contributed by atoms with E-state index in [0.29, 0.717) is 23.2 Å². The quantitative estimate of drug-likeness (QED) is 0.825. The van der Waals surface area contributed by atoms with E-state index in [1.54, 1.807) is 24.3 Å². The molecule has 1 saturated carbocycles. The molecule has 0 bridgehead atoms. The minimum atomic E-state index is -0.155. The van der Waals surface area contributed by atoms with Gasteiger partial charge in [0.25, 0.3) is 5.91 Å². The molecule has 4 rings (SSSR count). The lowest BCUT2D eigenvalue weighted by atomic mass is 9.87. The minimum absolute atomic E-state index is 0.0203. The highest BCUT2D eigenvalue weighted by Gasteiger charge is 2.37. The summed E-state index contributed by atoms with van der Waals surface area (Å²) in [4.78, 5) is 27.8. The van der Waals surface area contributed by atoms with E-state index in [9.17, 15) is 9.59 Å². The van der Waals surface area contributed by atoms with E-state index in [1.165, 1.54) is 5.56 Å². The summed E-state index contributed by atoms with van der Waals surface area (Å²) in [5.41, 5.74) is 2.90. The molecular weight excluding hydrogens is 372 g/mol. The number of halogens is 1. The van der Waals surface area contributed by atoms with E-state index in [4.69, 9.17) is 11.6 Å². The molecule has 2 fully saturated rings. The van der Waals surface area contributed by atoms with E-state index in [0.717, 1.165) is 31.2 Å². The molecule has 2 aromatic rings. The smallest absolute Gasteiger partial charge is 0.254 e. The molecule has 146 valence electrons. The standard InChI is InChI=1S/C23H25ClN2O2/c1-15-3-2-4-17(13-15)21-12-7-18(22(27)25-20-10-11-20)14-26(21)23(28)16-5-8-19(24)9-6-16/h2-6,8-9,13,18,20-21H,7,10-12,14H2,1H3,(H,25,27). The van der Waals surface area contributed by atoms with Crippen molar-refractivity contribution in [2.45, 2.75) is 44.7 Å². The van der Waals surface area contributed by atoms with Crippen molar-refractivity contribution in [2.24, 2.45) is 5.92 Å². The molecule has 0 spiro atoms. The number of benzene rings is 2. The number of carbonyl (C=O) groups excluding carboxylic acids is 2. The zero-order chi connectivity index (χ0) is 19.7. The number of likely N-dealkylation sites (tertiary alicyclic amines) is 1. The largest absolute Gasteiger partial charge is 0.353 e. The number of nitrogens with one attached hydrogen (secondary N) is 1. The van der Waals surface area contributed by atoms with Gasteiger partial charge in [0.2, 0.25) is 5.91 Å². The van der Waals surface area contributed by atoms with Gasteiger partial charge in [-0.25, -0.2) is 0 Å². The van der Waals surface area contributed by atoms with Crippen molar-refractivity contribution in [3.63, 3.8) is 0 Å². The van der Waals surface area contributed by atoms with Crippen LogP contribution < -0.4 is 5.32 Å². The molecule has 0 aromatic heterocycles. The fourth-order valence-electron chi connectivity index (χ4n) is 3.94. The summed E-state index contributed by atoms with van der Waals surface area (Å²) in [7, 11) is 0. The second-order valence-corrected chi connectivity index (χ2v) is 8.39. The van der Waals surface area contributed by atoms with Crippen molar-refractivity contribution in [2.75, 3.05) is 6.54 Å². The Labute approximate surface area is 170 Å². The predicted octanol–water partition coefficient (Wildman–Crippen LogP) is 4.52. The number of aryl methyl sites for hydroxylation is 1. The fourth-order valence-corrected chi connectivity index (χ4v) is 4.06. The molecular formula is C23H25ClN2O2. The van der Waals surface area contributed by atoms with Crippen molar-refractivity contribution in [1.29, 1.82) is 0 Å². The number of hydrogen-bond acceptors (Lipinski definition) is 2. The van der Waals surface area contributed by atoms with Crippen LogP contribution in [0.1, 0.15) is 53.2 Å². The molecule has 2 atom stereocenters. The van der Waals surface area contributed by atoms with E-state index >= 15 is 0 Å². The van der Waals surface area contributed by atoms with Gasteiger partial charge in [-0.15, -0.1) is 0 Å². The molecule has 0 radical (unpaired) electrons. The van der Waals surface area contributed by atoms with E-state index < -0.39 is 0 Å². The molecule has 2 unspecified atom stereocenters. The Kier molecular flexibility index (Phi) is 5.40. The maximum absolute atomic E-state index is 13.3. The first-order valence-corrected chi connectivity index (χ1v) is 10.3. The van der Waals surface area contributed by atoms with Crippen molar-refractivity contribution < 1.29 is 9.59 Å². The molecule has 1 saturated heterocycles. The van der Waals surface area contributed by atoms with Crippen LogP contribution in [0.25, 0.3) is 0 Å². The zero-order valence-corrected chi connectivity index (χ0v) is 16.8. The van der Waals surface area contributed by atoms with E-state index in [-0.39, 0.29) is 23.8 Å². The third-order valence-corrected chi connectivity index (χ3v) is 5.91. The van der Waals surface area contributed by atoms with Crippen LogP contribution in [0.4, 0.5) is 0 Å². The molecule has 2 aliphatic rings. The number of rotatable bonds is 4. The first-order valence-electron chi connectivity index (χ1n) is 9.95. The maximum Gasteiger partial charge on any atom is 0.254 e. The Hall–Kier alpha value is -2.33. The monoisotopic (exact) mass is 396 g/mol. The maximum atomic E-state index is 13.3. The zero-order valence-electron chi connectivity index (χ0n) is 16.0. The Morgan fingerprint density at radius 1 is 1.04 bits per heavy atom. The number of hydrogen-bond donors (Lipinski definition) is 1. The molecule has 28 heavy (non-hydrogen) atoms. The van der Waals surface area contributed by atoms with Gasteiger partial charge in [-0.3, -0.25) is 9.59 Å². The highest BCUT2D eigenvalue weighted by Crippen LogP contribution is 2.35. The van der Waals surface area contributed by atoms with Crippen molar-refractivity contribution >= 4 is 23.4 Å². The summed E-state index contributed by atoms with van der Waals surface area (Å²) in [5.74, 6) is -0.121. The third kappa shape index (κ3) is 4.22. The van der Waals surface area contributed by atoms with E-state index in [2.05, 4.69) is 30.4 Å². The SMILES string of the molecule is Cc1cccc(C2CCC(C(=O)NC3CC3)CN2C(=O)c2ccc(Cl)cc2)c1.